The smallest absolute Gasteiger partial charge is 0.338 e. The Morgan fingerprint density at radius 1 is 1.20 bits per heavy atom. The van der Waals surface area contributed by atoms with E-state index in [0.717, 1.165) is 5.56 Å². The molecule has 1 rings (SSSR count). The number of carbonyl (C=O) groups excluding carboxylic acids is 2. The minimum Gasteiger partial charge on any atom is -0.467 e. The van der Waals surface area contributed by atoms with E-state index in [1.165, 1.54) is 7.11 Å². The van der Waals surface area contributed by atoms with Crippen LogP contribution in [0, 0.1) is 5.92 Å². The van der Waals surface area contributed by atoms with Crippen molar-refractivity contribution in [3.05, 3.63) is 35.9 Å². The molecule has 1 aromatic carbocycles. The van der Waals surface area contributed by atoms with Crippen LogP contribution >= 0.6 is 0 Å². The SMILES string of the molecule is COC(=O)[C@](N)(C(=O)OCCc1ccccc1)C(C)C. The molecule has 0 spiro atoms. The first-order valence-electron chi connectivity index (χ1n) is 6.51. The lowest BCUT2D eigenvalue weighted by Crippen LogP contribution is -2.60. The van der Waals surface area contributed by atoms with Crippen LogP contribution in [0.2, 0.25) is 0 Å². The van der Waals surface area contributed by atoms with E-state index in [1.807, 2.05) is 30.3 Å². The minimum atomic E-state index is -1.76. The first kappa shape index (κ1) is 16.2. The molecule has 5 nitrogen and oxygen atoms in total. The molecule has 0 aliphatic rings. The molecule has 1 atom stereocenters. The Morgan fingerprint density at radius 2 is 1.80 bits per heavy atom. The van der Waals surface area contributed by atoms with E-state index >= 15 is 0 Å². The van der Waals surface area contributed by atoms with Crippen molar-refractivity contribution in [2.24, 2.45) is 11.7 Å². The van der Waals surface area contributed by atoms with Gasteiger partial charge in [-0.1, -0.05) is 44.2 Å². The quantitative estimate of drug-likeness (QED) is 0.627. The molecule has 0 saturated heterocycles. The number of esters is 2. The first-order chi connectivity index (χ1) is 9.42. The summed E-state index contributed by atoms with van der Waals surface area (Å²) in [6.07, 6.45) is 0.571. The summed E-state index contributed by atoms with van der Waals surface area (Å²) in [5.41, 5.74) is 5.16. The van der Waals surface area contributed by atoms with Gasteiger partial charge in [-0.05, 0) is 11.5 Å². The van der Waals surface area contributed by atoms with Crippen molar-refractivity contribution >= 4 is 11.9 Å². The van der Waals surface area contributed by atoms with Crippen molar-refractivity contribution in [1.82, 2.24) is 0 Å². The number of carbonyl (C=O) groups is 2. The van der Waals surface area contributed by atoms with E-state index in [9.17, 15) is 9.59 Å². The normalized spacial score (nSPS) is 13.7. The van der Waals surface area contributed by atoms with Gasteiger partial charge in [0.2, 0.25) is 5.54 Å². The Morgan fingerprint density at radius 3 is 2.30 bits per heavy atom. The van der Waals surface area contributed by atoms with Crippen LogP contribution < -0.4 is 5.73 Å². The molecule has 0 fully saturated rings. The van der Waals surface area contributed by atoms with Gasteiger partial charge in [0.15, 0.2) is 0 Å². The average molecular weight is 279 g/mol. The molecule has 0 heterocycles. The van der Waals surface area contributed by atoms with Crippen molar-refractivity contribution in [3.63, 3.8) is 0 Å². The summed E-state index contributed by atoms with van der Waals surface area (Å²) in [6.45, 7) is 3.52. The number of benzene rings is 1. The van der Waals surface area contributed by atoms with E-state index in [-0.39, 0.29) is 6.61 Å². The molecule has 110 valence electrons. The zero-order chi connectivity index (χ0) is 15.2. The number of ether oxygens (including phenoxy) is 2. The lowest BCUT2D eigenvalue weighted by Gasteiger charge is -2.27. The highest BCUT2D eigenvalue weighted by molar-refractivity contribution is 6.04. The first-order valence-corrected chi connectivity index (χ1v) is 6.51. The van der Waals surface area contributed by atoms with Gasteiger partial charge in [0.1, 0.15) is 0 Å². The molecular weight excluding hydrogens is 258 g/mol. The van der Waals surface area contributed by atoms with Crippen LogP contribution in [0.4, 0.5) is 0 Å². The Hall–Kier alpha value is -1.88. The highest BCUT2D eigenvalue weighted by atomic mass is 16.6. The van der Waals surface area contributed by atoms with Crippen LogP contribution in [0.25, 0.3) is 0 Å². The van der Waals surface area contributed by atoms with Gasteiger partial charge in [-0.2, -0.15) is 0 Å². The molecule has 0 amide bonds. The fourth-order valence-corrected chi connectivity index (χ4v) is 1.75. The molecule has 0 unspecified atom stereocenters. The van der Waals surface area contributed by atoms with Gasteiger partial charge in [0.05, 0.1) is 13.7 Å². The van der Waals surface area contributed by atoms with Gasteiger partial charge in [-0.15, -0.1) is 0 Å². The molecular formula is C15H21NO4. The van der Waals surface area contributed by atoms with Gasteiger partial charge in [-0.25, -0.2) is 9.59 Å². The third-order valence-corrected chi connectivity index (χ3v) is 3.24. The molecule has 0 radical (unpaired) electrons. The van der Waals surface area contributed by atoms with Gasteiger partial charge in [-0.3, -0.25) is 0 Å². The van der Waals surface area contributed by atoms with Gasteiger partial charge in [0, 0.05) is 6.42 Å². The summed E-state index contributed by atoms with van der Waals surface area (Å²) >= 11 is 0. The van der Waals surface area contributed by atoms with Gasteiger partial charge >= 0.3 is 11.9 Å². The summed E-state index contributed by atoms with van der Waals surface area (Å²) in [6, 6.07) is 9.61. The van der Waals surface area contributed by atoms with Crippen LogP contribution in [0.15, 0.2) is 30.3 Å². The summed E-state index contributed by atoms with van der Waals surface area (Å²) < 4.78 is 9.73. The molecule has 0 aliphatic carbocycles. The number of hydrogen-bond donors (Lipinski definition) is 1. The van der Waals surface area contributed by atoms with E-state index < -0.39 is 23.4 Å². The molecule has 0 saturated carbocycles. The van der Waals surface area contributed by atoms with Crippen molar-refractivity contribution in [3.8, 4) is 0 Å². The molecule has 0 aromatic heterocycles. The van der Waals surface area contributed by atoms with E-state index in [0.29, 0.717) is 6.42 Å². The molecule has 2 N–H and O–H groups in total. The Bertz CT molecular complexity index is 458. The van der Waals surface area contributed by atoms with E-state index in [2.05, 4.69) is 4.74 Å². The summed E-state index contributed by atoms with van der Waals surface area (Å²) in [7, 11) is 1.20. The predicted octanol–water partition coefficient (Wildman–Crippen LogP) is 1.30. The highest BCUT2D eigenvalue weighted by Gasteiger charge is 2.47. The molecule has 5 heteroatoms. The zero-order valence-corrected chi connectivity index (χ0v) is 12.1. The maximum Gasteiger partial charge on any atom is 0.338 e. The van der Waals surface area contributed by atoms with Gasteiger partial charge < -0.3 is 15.2 Å². The fraction of sp³-hybridized carbons (Fsp3) is 0.467. The van der Waals surface area contributed by atoms with Crippen LogP contribution in [0.5, 0.6) is 0 Å². The third-order valence-electron chi connectivity index (χ3n) is 3.24. The number of nitrogens with two attached hydrogens (primary N) is 1. The minimum absolute atomic E-state index is 0.172. The topological polar surface area (TPSA) is 78.6 Å². The Labute approximate surface area is 119 Å². The van der Waals surface area contributed by atoms with Crippen LogP contribution in [0.1, 0.15) is 19.4 Å². The molecule has 20 heavy (non-hydrogen) atoms. The lowest BCUT2D eigenvalue weighted by atomic mass is 9.87. The maximum atomic E-state index is 12.0. The van der Waals surface area contributed by atoms with Crippen LogP contribution in [0.3, 0.4) is 0 Å². The van der Waals surface area contributed by atoms with Crippen molar-refractivity contribution < 1.29 is 19.1 Å². The molecule has 0 bridgehead atoms. The molecule has 1 aromatic rings. The van der Waals surface area contributed by atoms with Crippen molar-refractivity contribution in [2.75, 3.05) is 13.7 Å². The Balaban J connectivity index is 2.62. The standard InChI is InChI=1S/C15H21NO4/c1-11(2)15(16,13(17)19-3)14(18)20-10-9-12-7-5-4-6-8-12/h4-8,11H,9-10,16H2,1-3H3/t15-/m0/s1. The average Bonchev–Trinajstić information content (AvgIpc) is 2.46. The van der Waals surface area contributed by atoms with Crippen LogP contribution in [-0.2, 0) is 25.5 Å². The monoisotopic (exact) mass is 279 g/mol. The third kappa shape index (κ3) is 3.57. The predicted molar refractivity (Wildman–Crippen MR) is 74.9 cm³/mol. The number of methoxy groups -OCH3 is 1. The fourth-order valence-electron chi connectivity index (χ4n) is 1.75. The van der Waals surface area contributed by atoms with E-state index in [1.54, 1.807) is 13.8 Å². The lowest BCUT2D eigenvalue weighted by molar-refractivity contribution is -0.165. The second-order valence-corrected chi connectivity index (χ2v) is 4.89. The second kappa shape index (κ2) is 7.05. The highest BCUT2D eigenvalue weighted by Crippen LogP contribution is 2.18. The Kier molecular flexibility index (Phi) is 5.70. The molecule has 0 aliphatic heterocycles. The largest absolute Gasteiger partial charge is 0.467 e. The van der Waals surface area contributed by atoms with Crippen molar-refractivity contribution in [2.45, 2.75) is 25.8 Å². The maximum absolute atomic E-state index is 12.0. The van der Waals surface area contributed by atoms with E-state index in [4.69, 9.17) is 10.5 Å². The summed E-state index contributed by atoms with van der Waals surface area (Å²) in [5.74, 6) is -1.95. The summed E-state index contributed by atoms with van der Waals surface area (Å²) in [4.78, 5) is 23.8. The zero-order valence-electron chi connectivity index (χ0n) is 12.1. The van der Waals surface area contributed by atoms with Gasteiger partial charge in [0.25, 0.3) is 0 Å². The van der Waals surface area contributed by atoms with Crippen LogP contribution in [-0.4, -0.2) is 31.2 Å². The number of hydrogen-bond acceptors (Lipinski definition) is 5. The summed E-state index contributed by atoms with van der Waals surface area (Å²) in [5, 5.41) is 0. The van der Waals surface area contributed by atoms with Crippen molar-refractivity contribution in [1.29, 1.82) is 0 Å². The number of rotatable bonds is 6. The second-order valence-electron chi connectivity index (χ2n) is 4.89.